The quantitative estimate of drug-likeness (QED) is 0.718. The second kappa shape index (κ2) is 7.79. The molecule has 0 bridgehead atoms. The number of carbonyl (C=O) groups is 1. The van der Waals surface area contributed by atoms with Crippen LogP contribution in [0.15, 0.2) is 24.3 Å². The number of hydrogen-bond donors (Lipinski definition) is 1. The monoisotopic (exact) mass is 392 g/mol. The number of rotatable bonds is 7. The largest absolute Gasteiger partial charge is 0.352 e. The normalized spacial score (nSPS) is 19.9. The molecule has 0 spiro atoms. The summed E-state index contributed by atoms with van der Waals surface area (Å²) in [5.41, 5.74) is 0.218. The highest BCUT2D eigenvalue weighted by molar-refractivity contribution is 7.91. The molecule has 10 heteroatoms. The number of nitrogens with one attached hydrogen (secondary N) is 1. The van der Waals surface area contributed by atoms with Crippen molar-refractivity contribution in [2.45, 2.75) is 25.4 Å². The molecule has 140 valence electrons. The molecule has 1 fully saturated rings. The maximum atomic E-state index is 13.7. The summed E-state index contributed by atoms with van der Waals surface area (Å²) < 4.78 is 61.3. The van der Waals surface area contributed by atoms with Crippen LogP contribution >= 0.6 is 0 Å². The van der Waals surface area contributed by atoms with Gasteiger partial charge >= 0.3 is 0 Å². The van der Waals surface area contributed by atoms with Gasteiger partial charge in [0.15, 0.2) is 9.84 Å². The summed E-state index contributed by atoms with van der Waals surface area (Å²) in [6.07, 6.45) is 1.23. The van der Waals surface area contributed by atoms with Gasteiger partial charge in [0.25, 0.3) is 0 Å². The first kappa shape index (κ1) is 19.8. The Balaban J connectivity index is 1.94. The van der Waals surface area contributed by atoms with Crippen molar-refractivity contribution in [2.75, 3.05) is 24.3 Å². The molecule has 1 heterocycles. The SMILES string of the molecule is CS(=O)(=O)N(CCC(=O)NC1CCS(=O)(=O)C1)Cc1ccccc1F. The molecule has 1 saturated heterocycles. The summed E-state index contributed by atoms with van der Waals surface area (Å²) in [6, 6.07) is 5.40. The second-order valence-corrected chi connectivity index (χ2v) is 10.3. The Labute approximate surface area is 147 Å². The molecular weight excluding hydrogens is 371 g/mol. The predicted molar refractivity (Wildman–Crippen MR) is 91.5 cm³/mol. The molecule has 1 aliphatic rings. The summed E-state index contributed by atoms with van der Waals surface area (Å²) in [5, 5.41) is 2.60. The van der Waals surface area contributed by atoms with Crippen LogP contribution in [0.1, 0.15) is 18.4 Å². The van der Waals surface area contributed by atoms with E-state index in [0.29, 0.717) is 6.42 Å². The van der Waals surface area contributed by atoms with E-state index in [-0.39, 0.29) is 36.6 Å². The van der Waals surface area contributed by atoms with Crippen molar-refractivity contribution >= 4 is 25.8 Å². The van der Waals surface area contributed by atoms with Gasteiger partial charge in [-0.05, 0) is 12.5 Å². The average Bonchev–Trinajstić information content (AvgIpc) is 2.82. The number of benzene rings is 1. The Morgan fingerprint density at radius 1 is 1.36 bits per heavy atom. The Morgan fingerprint density at radius 2 is 2.04 bits per heavy atom. The highest BCUT2D eigenvalue weighted by Crippen LogP contribution is 2.14. The molecule has 0 saturated carbocycles. The van der Waals surface area contributed by atoms with Crippen LogP contribution in [-0.2, 0) is 31.2 Å². The summed E-state index contributed by atoms with van der Waals surface area (Å²) in [6.45, 7) is -0.283. The third-order valence-corrected chi connectivity index (χ3v) is 6.98. The second-order valence-electron chi connectivity index (χ2n) is 6.11. The van der Waals surface area contributed by atoms with Crippen LogP contribution in [0.2, 0.25) is 0 Å². The minimum atomic E-state index is -3.63. The van der Waals surface area contributed by atoms with E-state index in [1.54, 1.807) is 6.07 Å². The number of hydrogen-bond acceptors (Lipinski definition) is 5. The van der Waals surface area contributed by atoms with Crippen molar-refractivity contribution in [3.8, 4) is 0 Å². The van der Waals surface area contributed by atoms with Crippen LogP contribution in [0.4, 0.5) is 4.39 Å². The Morgan fingerprint density at radius 3 is 2.60 bits per heavy atom. The lowest BCUT2D eigenvalue weighted by Gasteiger charge is -2.20. The zero-order valence-electron chi connectivity index (χ0n) is 13.8. The zero-order valence-corrected chi connectivity index (χ0v) is 15.4. The average molecular weight is 392 g/mol. The standard InChI is InChI=1S/C15H21FN2O5S2/c1-24(20,21)18(10-12-4-2-3-5-14(12)16)8-6-15(19)17-13-7-9-25(22,23)11-13/h2-5,13H,6-11H2,1H3,(H,17,19). The summed E-state index contributed by atoms with van der Waals surface area (Å²) >= 11 is 0. The van der Waals surface area contributed by atoms with E-state index >= 15 is 0 Å². The van der Waals surface area contributed by atoms with E-state index in [1.807, 2.05) is 0 Å². The maximum Gasteiger partial charge on any atom is 0.221 e. The number of carbonyl (C=O) groups excluding carboxylic acids is 1. The number of amides is 1. The van der Waals surface area contributed by atoms with Gasteiger partial charge in [-0.15, -0.1) is 0 Å². The Bertz CT molecular complexity index is 839. The first-order chi connectivity index (χ1) is 11.6. The van der Waals surface area contributed by atoms with Crippen molar-refractivity contribution < 1.29 is 26.0 Å². The van der Waals surface area contributed by atoms with Crippen LogP contribution in [0.25, 0.3) is 0 Å². The van der Waals surface area contributed by atoms with Crippen LogP contribution < -0.4 is 5.32 Å². The third-order valence-electron chi connectivity index (χ3n) is 3.96. The Kier molecular flexibility index (Phi) is 6.17. The first-order valence-electron chi connectivity index (χ1n) is 7.75. The minimum Gasteiger partial charge on any atom is -0.352 e. The molecule has 7 nitrogen and oxygen atoms in total. The van der Waals surface area contributed by atoms with Crippen molar-refractivity contribution in [2.24, 2.45) is 0 Å². The van der Waals surface area contributed by atoms with Crippen LogP contribution in [0.3, 0.4) is 0 Å². The van der Waals surface area contributed by atoms with Crippen molar-refractivity contribution in [1.29, 1.82) is 0 Å². The zero-order chi connectivity index (χ0) is 18.7. The van der Waals surface area contributed by atoms with E-state index in [0.717, 1.165) is 10.6 Å². The molecule has 1 aromatic rings. The highest BCUT2D eigenvalue weighted by Gasteiger charge is 2.29. The topological polar surface area (TPSA) is 101 Å². The fourth-order valence-electron chi connectivity index (χ4n) is 2.61. The molecule has 1 N–H and O–H groups in total. The lowest BCUT2D eigenvalue weighted by atomic mass is 10.2. The smallest absolute Gasteiger partial charge is 0.221 e. The van der Waals surface area contributed by atoms with E-state index in [4.69, 9.17) is 0 Å². The Hall–Kier alpha value is -1.52. The van der Waals surface area contributed by atoms with Gasteiger partial charge in [0.1, 0.15) is 5.82 Å². The molecule has 1 atom stereocenters. The van der Waals surface area contributed by atoms with Gasteiger partial charge in [-0.1, -0.05) is 18.2 Å². The molecule has 0 radical (unpaired) electrons. The van der Waals surface area contributed by atoms with Gasteiger partial charge in [-0.2, -0.15) is 4.31 Å². The van der Waals surface area contributed by atoms with Crippen LogP contribution in [0, 0.1) is 5.82 Å². The van der Waals surface area contributed by atoms with E-state index in [9.17, 15) is 26.0 Å². The lowest BCUT2D eigenvalue weighted by molar-refractivity contribution is -0.121. The molecule has 1 amide bonds. The molecule has 25 heavy (non-hydrogen) atoms. The molecule has 1 aromatic carbocycles. The predicted octanol–water partition coefficient (Wildman–Crippen LogP) is 0.281. The molecule has 0 aromatic heterocycles. The van der Waals surface area contributed by atoms with E-state index in [1.165, 1.54) is 18.2 Å². The van der Waals surface area contributed by atoms with Gasteiger partial charge in [-0.3, -0.25) is 4.79 Å². The van der Waals surface area contributed by atoms with Gasteiger partial charge in [-0.25, -0.2) is 21.2 Å². The fourth-order valence-corrected chi connectivity index (χ4v) is 5.08. The summed E-state index contributed by atoms with van der Waals surface area (Å²) in [4.78, 5) is 12.0. The van der Waals surface area contributed by atoms with Crippen LogP contribution in [-0.4, -0.2) is 57.4 Å². The molecule has 1 aliphatic heterocycles. The van der Waals surface area contributed by atoms with Crippen molar-refractivity contribution in [3.05, 3.63) is 35.6 Å². The van der Waals surface area contributed by atoms with Gasteiger partial charge in [0, 0.05) is 31.1 Å². The summed E-state index contributed by atoms with van der Waals surface area (Å²) in [5.74, 6) is -0.995. The number of halogens is 1. The minimum absolute atomic E-state index is 0.0424. The van der Waals surface area contributed by atoms with Crippen molar-refractivity contribution in [3.63, 3.8) is 0 Å². The molecule has 0 aliphatic carbocycles. The van der Waals surface area contributed by atoms with Gasteiger partial charge < -0.3 is 5.32 Å². The lowest BCUT2D eigenvalue weighted by Crippen LogP contribution is -2.39. The van der Waals surface area contributed by atoms with Gasteiger partial charge in [0.05, 0.1) is 17.8 Å². The summed E-state index contributed by atoms with van der Waals surface area (Å²) in [7, 11) is -6.73. The van der Waals surface area contributed by atoms with E-state index < -0.39 is 37.6 Å². The number of sulfone groups is 1. The van der Waals surface area contributed by atoms with E-state index in [2.05, 4.69) is 5.32 Å². The molecular formula is C15H21FN2O5S2. The number of sulfonamides is 1. The molecule has 2 rings (SSSR count). The molecule has 1 unspecified atom stereocenters. The number of nitrogens with zero attached hydrogens (tertiary/aromatic N) is 1. The third kappa shape index (κ3) is 6.05. The van der Waals surface area contributed by atoms with Crippen LogP contribution in [0.5, 0.6) is 0 Å². The fraction of sp³-hybridized carbons (Fsp3) is 0.533. The first-order valence-corrected chi connectivity index (χ1v) is 11.4. The highest BCUT2D eigenvalue weighted by atomic mass is 32.2. The maximum absolute atomic E-state index is 13.7. The van der Waals surface area contributed by atoms with Crippen molar-refractivity contribution in [1.82, 2.24) is 9.62 Å². The van der Waals surface area contributed by atoms with Gasteiger partial charge in [0.2, 0.25) is 15.9 Å².